The van der Waals surface area contributed by atoms with Gasteiger partial charge in [-0.15, -0.1) is 0 Å². The lowest BCUT2D eigenvalue weighted by Gasteiger charge is -2.31. The van der Waals surface area contributed by atoms with Crippen LogP contribution in [-0.2, 0) is 10.3 Å². The van der Waals surface area contributed by atoms with E-state index in [2.05, 4.69) is 9.84 Å². The molecular weight excluding hydrogens is 496 g/mol. The zero-order valence-electron chi connectivity index (χ0n) is 19.5. The number of halogens is 4. The van der Waals surface area contributed by atoms with Crippen molar-refractivity contribution >= 4 is 22.7 Å². The number of Topliss-reactive ketones (excluding diaryl/α,β-unsaturated/α-hetero) is 1. The molecule has 0 saturated carbocycles. The second-order valence-corrected chi connectivity index (χ2v) is 8.21. The highest BCUT2D eigenvalue weighted by Crippen LogP contribution is 2.41. The smallest absolute Gasteiger partial charge is 0.424 e. The molecule has 192 valence electrons. The predicted octanol–water partition coefficient (Wildman–Crippen LogP) is 4.98. The van der Waals surface area contributed by atoms with Gasteiger partial charge in [0.25, 0.3) is 0 Å². The first kappa shape index (κ1) is 25.8. The van der Waals surface area contributed by atoms with E-state index in [0.717, 1.165) is 31.4 Å². The van der Waals surface area contributed by atoms with Gasteiger partial charge in [-0.2, -0.15) is 18.3 Å². The number of methoxy groups -OCH3 is 1. The van der Waals surface area contributed by atoms with Gasteiger partial charge in [-0.1, -0.05) is 6.07 Å². The first-order valence-corrected chi connectivity index (χ1v) is 10.8. The van der Waals surface area contributed by atoms with Gasteiger partial charge in [-0.3, -0.25) is 4.79 Å². The molecule has 0 amide bonds. The molecule has 1 atom stereocenters. The summed E-state index contributed by atoms with van der Waals surface area (Å²) >= 11 is 0. The largest absolute Gasteiger partial charge is 0.489 e. The van der Waals surface area contributed by atoms with Gasteiger partial charge in [-0.05, 0) is 67.1 Å². The standard InChI is InChI=1S/C26H20F4N2O5/c1-15(33)16-3-10-23(21(12-16)24(34)36-2)37-14-25(35,26(28,29)30)18-4-9-22-17(11-18)13-31-32(22)20-7-5-19(27)6-8-20/h3-13,35H,14H2,1-2H3. The molecule has 1 N–H and O–H groups in total. The lowest BCUT2D eigenvalue weighted by Crippen LogP contribution is -2.47. The van der Waals surface area contributed by atoms with E-state index in [1.54, 1.807) is 0 Å². The number of carbonyl (C=O) groups excluding carboxylic acids is 2. The first-order valence-electron chi connectivity index (χ1n) is 10.8. The minimum atomic E-state index is -5.17. The maximum atomic E-state index is 14.2. The highest BCUT2D eigenvalue weighted by molar-refractivity contribution is 5.99. The Morgan fingerprint density at radius 1 is 1.03 bits per heavy atom. The summed E-state index contributed by atoms with van der Waals surface area (Å²) in [5, 5.41) is 15.3. The van der Waals surface area contributed by atoms with Gasteiger partial charge in [0.05, 0.1) is 24.5 Å². The Hall–Kier alpha value is -4.25. The van der Waals surface area contributed by atoms with E-state index in [1.807, 2.05) is 0 Å². The zero-order valence-corrected chi connectivity index (χ0v) is 19.5. The number of ether oxygens (including phenoxy) is 2. The zero-order chi connectivity index (χ0) is 27.0. The summed E-state index contributed by atoms with van der Waals surface area (Å²) in [6.07, 6.45) is -3.85. The molecule has 0 saturated heterocycles. The number of esters is 1. The Morgan fingerprint density at radius 2 is 1.73 bits per heavy atom. The van der Waals surface area contributed by atoms with Crippen LogP contribution < -0.4 is 4.74 Å². The van der Waals surface area contributed by atoms with Crippen LogP contribution in [-0.4, -0.2) is 46.5 Å². The number of benzene rings is 3. The quantitative estimate of drug-likeness (QED) is 0.212. The van der Waals surface area contributed by atoms with Crippen molar-refractivity contribution in [2.45, 2.75) is 18.7 Å². The van der Waals surface area contributed by atoms with Crippen LogP contribution in [0.1, 0.15) is 33.2 Å². The van der Waals surface area contributed by atoms with Gasteiger partial charge in [0.15, 0.2) is 5.78 Å². The second kappa shape index (κ2) is 9.66. The molecule has 1 unspecified atom stereocenters. The number of carbonyl (C=O) groups is 2. The summed E-state index contributed by atoms with van der Waals surface area (Å²) < 4.78 is 67.1. The normalized spacial score (nSPS) is 13.3. The highest BCUT2D eigenvalue weighted by atomic mass is 19.4. The van der Waals surface area contributed by atoms with Crippen LogP contribution in [0.3, 0.4) is 0 Å². The molecule has 7 nitrogen and oxygen atoms in total. The van der Waals surface area contributed by atoms with Crippen molar-refractivity contribution < 1.29 is 41.7 Å². The van der Waals surface area contributed by atoms with Crippen molar-refractivity contribution in [3.05, 3.63) is 89.4 Å². The molecule has 0 radical (unpaired) electrons. The third-order valence-electron chi connectivity index (χ3n) is 5.81. The lowest BCUT2D eigenvalue weighted by molar-refractivity contribution is -0.275. The molecule has 4 aromatic rings. The minimum absolute atomic E-state index is 0.127. The lowest BCUT2D eigenvalue weighted by atomic mass is 9.93. The third-order valence-corrected chi connectivity index (χ3v) is 5.81. The molecule has 3 aromatic carbocycles. The van der Waals surface area contributed by atoms with Crippen LogP contribution >= 0.6 is 0 Å². The number of hydrogen-bond donors (Lipinski definition) is 1. The van der Waals surface area contributed by atoms with Gasteiger partial charge < -0.3 is 14.6 Å². The van der Waals surface area contributed by atoms with Crippen molar-refractivity contribution in [1.82, 2.24) is 9.78 Å². The number of fused-ring (bicyclic) bond motifs is 1. The first-order chi connectivity index (χ1) is 17.4. The molecule has 37 heavy (non-hydrogen) atoms. The van der Waals surface area contributed by atoms with Crippen LogP contribution in [0.4, 0.5) is 17.6 Å². The molecule has 0 aliphatic rings. The van der Waals surface area contributed by atoms with Gasteiger partial charge in [0.2, 0.25) is 5.60 Å². The van der Waals surface area contributed by atoms with Crippen LogP contribution in [0.2, 0.25) is 0 Å². The Labute approximate surface area is 207 Å². The summed E-state index contributed by atoms with van der Waals surface area (Å²) in [5.41, 5.74) is -3.22. The third kappa shape index (κ3) is 4.90. The summed E-state index contributed by atoms with van der Waals surface area (Å²) in [4.78, 5) is 23.8. The summed E-state index contributed by atoms with van der Waals surface area (Å²) in [5.74, 6) is -2.06. The number of rotatable bonds is 7. The van der Waals surface area contributed by atoms with Crippen molar-refractivity contribution in [1.29, 1.82) is 0 Å². The minimum Gasteiger partial charge on any atom is -0.489 e. The molecule has 0 bridgehead atoms. The molecule has 0 fully saturated rings. The average molecular weight is 516 g/mol. The van der Waals surface area contributed by atoms with Gasteiger partial charge in [-0.25, -0.2) is 13.9 Å². The van der Waals surface area contributed by atoms with Crippen LogP contribution in [0.5, 0.6) is 5.75 Å². The number of nitrogens with zero attached hydrogens (tertiary/aromatic N) is 2. The second-order valence-electron chi connectivity index (χ2n) is 8.21. The van der Waals surface area contributed by atoms with E-state index in [9.17, 15) is 32.3 Å². The summed E-state index contributed by atoms with van der Waals surface area (Å²) in [6.45, 7) is -0.0365. The van der Waals surface area contributed by atoms with Crippen molar-refractivity contribution in [3.63, 3.8) is 0 Å². The Morgan fingerprint density at radius 3 is 2.35 bits per heavy atom. The molecule has 11 heteroatoms. The van der Waals surface area contributed by atoms with E-state index in [1.165, 1.54) is 54.2 Å². The molecule has 0 aliphatic heterocycles. The average Bonchev–Trinajstić information content (AvgIpc) is 3.29. The molecule has 1 heterocycles. The Bertz CT molecular complexity index is 1480. The van der Waals surface area contributed by atoms with Crippen LogP contribution in [0.25, 0.3) is 16.6 Å². The number of aromatic nitrogens is 2. The van der Waals surface area contributed by atoms with E-state index < -0.39 is 35.7 Å². The van der Waals surface area contributed by atoms with Crippen molar-refractivity contribution in [3.8, 4) is 11.4 Å². The van der Waals surface area contributed by atoms with E-state index >= 15 is 0 Å². The van der Waals surface area contributed by atoms with Gasteiger partial charge >= 0.3 is 12.1 Å². The molecule has 0 spiro atoms. The fraction of sp³-hybridized carbons (Fsp3) is 0.192. The predicted molar refractivity (Wildman–Crippen MR) is 124 cm³/mol. The van der Waals surface area contributed by atoms with Crippen molar-refractivity contribution in [2.24, 2.45) is 0 Å². The van der Waals surface area contributed by atoms with Crippen LogP contribution in [0, 0.1) is 5.82 Å². The molecule has 1 aromatic heterocycles. The summed E-state index contributed by atoms with van der Waals surface area (Å²) in [7, 11) is 1.07. The SMILES string of the molecule is COC(=O)c1cc(C(C)=O)ccc1OCC(O)(c1ccc2c(cnn2-c2ccc(F)cc2)c1)C(F)(F)F. The van der Waals surface area contributed by atoms with Crippen LogP contribution in [0.15, 0.2) is 66.9 Å². The van der Waals surface area contributed by atoms with E-state index in [-0.39, 0.29) is 28.0 Å². The fourth-order valence-corrected chi connectivity index (χ4v) is 3.73. The monoisotopic (exact) mass is 516 g/mol. The molecule has 0 aliphatic carbocycles. The number of aliphatic hydroxyl groups is 1. The van der Waals surface area contributed by atoms with Crippen molar-refractivity contribution in [2.75, 3.05) is 13.7 Å². The van der Waals surface area contributed by atoms with E-state index in [4.69, 9.17) is 4.74 Å². The maximum absolute atomic E-state index is 14.2. The maximum Gasteiger partial charge on any atom is 0.424 e. The summed E-state index contributed by atoms with van der Waals surface area (Å²) in [6, 6.07) is 12.5. The van der Waals surface area contributed by atoms with E-state index in [0.29, 0.717) is 11.2 Å². The number of alkyl halides is 3. The number of ketones is 1. The molecule has 4 rings (SSSR count). The fourth-order valence-electron chi connectivity index (χ4n) is 3.73. The number of hydrogen-bond acceptors (Lipinski definition) is 6. The highest BCUT2D eigenvalue weighted by Gasteiger charge is 2.56. The topological polar surface area (TPSA) is 90.7 Å². The molecular formula is C26H20F4N2O5. The van der Waals surface area contributed by atoms with Gasteiger partial charge in [0, 0.05) is 10.9 Å². The Balaban J connectivity index is 1.70. The Kier molecular flexibility index (Phi) is 6.74. The van der Waals surface area contributed by atoms with Gasteiger partial charge in [0.1, 0.15) is 23.7 Å².